The van der Waals surface area contributed by atoms with Crippen LogP contribution in [0.1, 0.15) is 119 Å². The quantitative estimate of drug-likeness (QED) is 0.276. The predicted octanol–water partition coefficient (Wildman–Crippen LogP) is 8.60. The van der Waals surface area contributed by atoms with Gasteiger partial charge in [0.05, 0.1) is 0 Å². The zero-order valence-electron chi connectivity index (χ0n) is 23.3. The molecule has 0 N–H and O–H groups in total. The van der Waals surface area contributed by atoms with Gasteiger partial charge in [-0.15, -0.1) is 0 Å². The Morgan fingerprint density at radius 1 is 0.912 bits per heavy atom. The molecule has 0 aromatic heterocycles. The Bertz CT molecular complexity index is 844. The Labute approximate surface area is 210 Å². The first kappa shape index (κ1) is 24.9. The molecule has 5 fully saturated rings. The van der Waals surface area contributed by atoms with Crippen LogP contribution in [0.2, 0.25) is 0 Å². The Hall–Kier alpha value is -0.790. The lowest BCUT2D eigenvalue weighted by Crippen LogP contribution is -2.57. The van der Waals surface area contributed by atoms with Crippen LogP contribution in [0.5, 0.6) is 0 Å². The number of rotatable bonds is 7. The average Bonchev–Trinajstić information content (AvgIpc) is 3.36. The molecular formula is C32H52O2. The normalized spacial score (nSPS) is 50.1. The highest BCUT2D eigenvalue weighted by molar-refractivity contribution is 5.38. The molecule has 5 aliphatic carbocycles. The molecule has 192 valence electrons. The van der Waals surface area contributed by atoms with Crippen molar-refractivity contribution in [3.05, 3.63) is 12.2 Å². The molecule has 34 heavy (non-hydrogen) atoms. The fraction of sp³-hybridized carbons (Fsp3) is 0.906. The number of hydrogen-bond acceptors (Lipinski definition) is 2. The first-order chi connectivity index (χ1) is 15.9. The Morgan fingerprint density at radius 3 is 2.26 bits per heavy atom. The molecule has 2 nitrogen and oxygen atoms in total. The number of hydrogen-bond donors (Lipinski definition) is 0. The summed E-state index contributed by atoms with van der Waals surface area (Å²) in [7, 11) is 0. The maximum Gasteiger partial charge on any atom is 0.293 e. The second-order valence-electron chi connectivity index (χ2n) is 15.0. The minimum absolute atomic E-state index is 0.109. The number of carbonyl (C=O) groups is 1. The summed E-state index contributed by atoms with van der Waals surface area (Å²) in [6.45, 7) is 22.3. The number of fused-ring (bicyclic) bond motifs is 2. The first-order valence-electron chi connectivity index (χ1n) is 14.6. The molecule has 5 aliphatic rings. The van der Waals surface area contributed by atoms with Crippen molar-refractivity contribution in [2.45, 2.75) is 125 Å². The summed E-state index contributed by atoms with van der Waals surface area (Å²) in [5.41, 5.74) is 3.58. The van der Waals surface area contributed by atoms with Gasteiger partial charge in [-0.2, -0.15) is 0 Å². The van der Waals surface area contributed by atoms with E-state index in [1.807, 2.05) is 0 Å². The third-order valence-corrected chi connectivity index (χ3v) is 13.9. The molecule has 0 saturated heterocycles. The minimum Gasteiger partial charge on any atom is -0.464 e. The van der Waals surface area contributed by atoms with Crippen LogP contribution in [0.15, 0.2) is 12.2 Å². The topological polar surface area (TPSA) is 26.3 Å². The van der Waals surface area contributed by atoms with Crippen molar-refractivity contribution in [1.29, 1.82) is 0 Å². The van der Waals surface area contributed by atoms with E-state index in [1.54, 1.807) is 0 Å². The highest BCUT2D eigenvalue weighted by Gasteiger charge is 2.82. The summed E-state index contributed by atoms with van der Waals surface area (Å²) in [5, 5.41) is 0. The van der Waals surface area contributed by atoms with E-state index in [0.29, 0.717) is 34.1 Å². The largest absolute Gasteiger partial charge is 0.464 e. The van der Waals surface area contributed by atoms with E-state index >= 15 is 0 Å². The first-order valence-corrected chi connectivity index (χ1v) is 14.6. The Balaban J connectivity index is 1.37. The monoisotopic (exact) mass is 468 g/mol. The van der Waals surface area contributed by atoms with E-state index in [1.165, 1.54) is 69.8 Å². The van der Waals surface area contributed by atoms with Crippen LogP contribution in [0.25, 0.3) is 0 Å². The van der Waals surface area contributed by atoms with Crippen LogP contribution in [0.3, 0.4) is 0 Å². The third-order valence-electron chi connectivity index (χ3n) is 13.9. The average molecular weight is 469 g/mol. The zero-order valence-corrected chi connectivity index (χ0v) is 23.3. The molecule has 0 bridgehead atoms. The fourth-order valence-corrected chi connectivity index (χ4v) is 11.6. The molecule has 5 rings (SSSR count). The molecule has 0 aromatic carbocycles. The summed E-state index contributed by atoms with van der Waals surface area (Å²) in [6, 6.07) is 0. The molecule has 0 amide bonds. The number of ether oxygens (including phenoxy) is 1. The van der Waals surface area contributed by atoms with Gasteiger partial charge in [-0.3, -0.25) is 4.79 Å². The second kappa shape index (κ2) is 7.85. The van der Waals surface area contributed by atoms with Crippen LogP contribution in [-0.4, -0.2) is 12.6 Å². The summed E-state index contributed by atoms with van der Waals surface area (Å²) in [5.74, 6) is 3.99. The van der Waals surface area contributed by atoms with Gasteiger partial charge in [-0.1, -0.05) is 53.7 Å². The van der Waals surface area contributed by atoms with Crippen molar-refractivity contribution >= 4 is 6.47 Å². The van der Waals surface area contributed by atoms with Crippen molar-refractivity contribution in [2.75, 3.05) is 0 Å². The van der Waals surface area contributed by atoms with Crippen molar-refractivity contribution in [3.8, 4) is 0 Å². The Kier molecular flexibility index (Phi) is 5.75. The minimum atomic E-state index is 0.109. The van der Waals surface area contributed by atoms with Crippen molar-refractivity contribution in [1.82, 2.24) is 0 Å². The van der Waals surface area contributed by atoms with Crippen LogP contribution in [0.4, 0.5) is 0 Å². The summed E-state index contributed by atoms with van der Waals surface area (Å²) in [4.78, 5) is 11.2. The zero-order chi connectivity index (χ0) is 24.7. The summed E-state index contributed by atoms with van der Waals surface area (Å²) in [6.07, 6.45) is 15.1. The highest BCUT2D eigenvalue weighted by Crippen LogP contribution is 2.89. The molecule has 0 unspecified atom stereocenters. The van der Waals surface area contributed by atoms with E-state index in [0.717, 1.165) is 30.1 Å². The lowest BCUT2D eigenvalue weighted by Gasteiger charge is -2.63. The summed E-state index contributed by atoms with van der Waals surface area (Å²) < 4.78 is 5.66. The molecule has 10 atom stereocenters. The maximum atomic E-state index is 11.2. The van der Waals surface area contributed by atoms with Gasteiger partial charge in [0.25, 0.3) is 6.47 Å². The lowest BCUT2D eigenvalue weighted by atomic mass is 9.41. The van der Waals surface area contributed by atoms with Gasteiger partial charge < -0.3 is 4.74 Å². The molecule has 0 aliphatic heterocycles. The van der Waals surface area contributed by atoms with Gasteiger partial charge in [-0.25, -0.2) is 0 Å². The van der Waals surface area contributed by atoms with Crippen LogP contribution in [-0.2, 0) is 9.53 Å². The molecule has 0 heterocycles. The maximum absolute atomic E-state index is 11.2. The molecule has 2 spiro atoms. The Morgan fingerprint density at radius 2 is 1.59 bits per heavy atom. The smallest absolute Gasteiger partial charge is 0.293 e. The third kappa shape index (κ3) is 3.01. The van der Waals surface area contributed by atoms with Gasteiger partial charge in [0.2, 0.25) is 0 Å². The molecule has 5 saturated carbocycles. The van der Waals surface area contributed by atoms with E-state index < -0.39 is 0 Å². The fourth-order valence-electron chi connectivity index (χ4n) is 11.6. The highest BCUT2D eigenvalue weighted by atomic mass is 16.5. The predicted molar refractivity (Wildman–Crippen MR) is 140 cm³/mol. The number of carbonyl (C=O) groups excluding carboxylic acids is 1. The van der Waals surface area contributed by atoms with E-state index in [-0.39, 0.29) is 11.5 Å². The van der Waals surface area contributed by atoms with Crippen molar-refractivity contribution in [3.63, 3.8) is 0 Å². The van der Waals surface area contributed by atoms with Gasteiger partial charge in [-0.05, 0) is 129 Å². The molecule has 2 heteroatoms. The van der Waals surface area contributed by atoms with E-state index in [4.69, 9.17) is 4.74 Å². The number of allylic oxidation sites excluding steroid dienone is 1. The molecule has 0 radical (unpaired) electrons. The summed E-state index contributed by atoms with van der Waals surface area (Å²) >= 11 is 0. The van der Waals surface area contributed by atoms with Crippen molar-refractivity contribution in [2.24, 2.45) is 56.7 Å². The molecular weight excluding hydrogens is 416 g/mol. The van der Waals surface area contributed by atoms with Crippen molar-refractivity contribution < 1.29 is 9.53 Å². The van der Waals surface area contributed by atoms with Crippen LogP contribution in [0, 0.1) is 56.7 Å². The SMILES string of the molecule is C=C(C)[C@H](C)CC[C@@H](C)[C@H]1CC[C@@]2(C)[C@@H]3CC[C@H]4C(C)(C)[C@@H](OC=O)CC[C@@]45C[C@@]35CC[C@]12C. The van der Waals surface area contributed by atoms with E-state index in [9.17, 15) is 4.79 Å². The van der Waals surface area contributed by atoms with E-state index in [2.05, 4.69) is 55.0 Å². The molecule has 0 aromatic rings. The van der Waals surface area contributed by atoms with Crippen LogP contribution < -0.4 is 0 Å². The van der Waals surface area contributed by atoms with Gasteiger partial charge in [0, 0.05) is 5.41 Å². The second-order valence-corrected chi connectivity index (χ2v) is 15.0. The van der Waals surface area contributed by atoms with Crippen LogP contribution >= 0.6 is 0 Å². The van der Waals surface area contributed by atoms with Gasteiger partial charge in [0.15, 0.2) is 0 Å². The van der Waals surface area contributed by atoms with Gasteiger partial charge >= 0.3 is 0 Å². The standard InChI is InChI=1S/C32H52O2/c1-21(2)22(3)9-10-23(4)24-13-15-30(8)26-12-11-25-28(5,6)27(34-20-33)14-16-31(25)19-32(26,31)18-17-29(24,30)7/h20,22-27H,1,9-19H2,2-8H3/t22-,23-,24-,25+,26+,27+,29-,30+,31-,32+/m1/s1. The van der Waals surface area contributed by atoms with Gasteiger partial charge in [0.1, 0.15) is 6.10 Å². The lowest BCUT2D eigenvalue weighted by molar-refractivity contribution is -0.174.